The summed E-state index contributed by atoms with van der Waals surface area (Å²) in [5.41, 5.74) is 2.81. The number of aliphatic hydroxyl groups is 1. The van der Waals surface area contributed by atoms with E-state index in [1.807, 2.05) is 12.1 Å². The number of aryl methyl sites for hydroxylation is 1. The number of aliphatic hydroxyl groups excluding tert-OH is 1. The Labute approximate surface area is 144 Å². The minimum absolute atomic E-state index is 0.0159. The average Bonchev–Trinajstić information content (AvgIpc) is 2.90. The van der Waals surface area contributed by atoms with Crippen molar-refractivity contribution in [2.45, 2.75) is 44.6 Å². The Bertz CT molecular complexity index is 764. The number of fused-ring (bicyclic) bond motifs is 5. The van der Waals surface area contributed by atoms with Crippen LogP contribution in [0.1, 0.15) is 43.2 Å². The highest BCUT2D eigenvalue weighted by molar-refractivity contribution is 7.90. The molecule has 24 heavy (non-hydrogen) atoms. The Morgan fingerprint density at radius 2 is 2.08 bits per heavy atom. The molecule has 1 saturated carbocycles. The fourth-order valence-electron chi connectivity index (χ4n) is 4.57. The molecule has 2 aliphatic rings. The van der Waals surface area contributed by atoms with Crippen molar-refractivity contribution in [1.29, 1.82) is 0 Å². The van der Waals surface area contributed by atoms with Gasteiger partial charge in [-0.25, -0.2) is 5.26 Å². The molecular formula is C18H20O5S. The van der Waals surface area contributed by atoms with Crippen LogP contribution in [0.5, 0.6) is 5.75 Å². The summed E-state index contributed by atoms with van der Waals surface area (Å²) in [6.07, 6.45) is 3.79. The van der Waals surface area contributed by atoms with E-state index in [-0.39, 0.29) is 11.5 Å². The van der Waals surface area contributed by atoms with Crippen molar-refractivity contribution < 1.29 is 23.9 Å². The van der Waals surface area contributed by atoms with E-state index in [1.54, 1.807) is 0 Å². The van der Waals surface area contributed by atoms with Crippen LogP contribution in [0.4, 0.5) is 0 Å². The lowest BCUT2D eigenvalue weighted by Gasteiger charge is -2.40. The molecule has 0 saturated heterocycles. The van der Waals surface area contributed by atoms with Crippen LogP contribution in [0.15, 0.2) is 30.3 Å². The van der Waals surface area contributed by atoms with E-state index >= 15 is 0 Å². The van der Waals surface area contributed by atoms with Gasteiger partial charge in [0.1, 0.15) is 5.75 Å². The fourth-order valence-corrected chi connectivity index (χ4v) is 4.81. The second-order valence-electron chi connectivity index (χ2n) is 6.96. The Morgan fingerprint density at radius 1 is 1.21 bits per heavy atom. The molecule has 3 atom stereocenters. The molecule has 0 amide bonds. The predicted molar refractivity (Wildman–Crippen MR) is 91.4 cm³/mol. The summed E-state index contributed by atoms with van der Waals surface area (Å²) in [6, 6.07) is 10.2. The molecule has 128 valence electrons. The first kappa shape index (κ1) is 16.2. The van der Waals surface area contributed by atoms with Crippen molar-refractivity contribution in [1.82, 2.24) is 0 Å². The van der Waals surface area contributed by atoms with Crippen LogP contribution in [-0.2, 0) is 15.8 Å². The highest BCUT2D eigenvalue weighted by Gasteiger charge is 2.49. The summed E-state index contributed by atoms with van der Waals surface area (Å²) in [7, 11) is 0. The molecule has 5 nitrogen and oxygen atoms in total. The maximum Gasteiger partial charge on any atom is 0.261 e. The second-order valence-corrected chi connectivity index (χ2v) is 7.40. The van der Waals surface area contributed by atoms with Gasteiger partial charge in [-0.1, -0.05) is 34.5 Å². The van der Waals surface area contributed by atoms with Gasteiger partial charge in [-0.05, 0) is 65.6 Å². The summed E-state index contributed by atoms with van der Waals surface area (Å²) in [5, 5.41) is 24.4. The molecule has 0 radical (unpaired) electrons. The number of benzene rings is 2. The Balaban J connectivity index is 1.70. The van der Waals surface area contributed by atoms with E-state index in [0.717, 1.165) is 31.1 Å². The Hall–Kier alpha value is -1.31. The van der Waals surface area contributed by atoms with Crippen LogP contribution < -0.4 is 4.18 Å². The van der Waals surface area contributed by atoms with Gasteiger partial charge >= 0.3 is 0 Å². The third-order valence-electron chi connectivity index (χ3n) is 5.90. The normalized spacial score (nSPS) is 28.6. The van der Waals surface area contributed by atoms with Gasteiger partial charge in [-0.3, -0.25) is 0 Å². The van der Waals surface area contributed by atoms with E-state index in [0.29, 0.717) is 24.0 Å². The van der Waals surface area contributed by atoms with Gasteiger partial charge in [-0.15, -0.1) is 0 Å². The van der Waals surface area contributed by atoms with Crippen molar-refractivity contribution in [3.05, 3.63) is 41.5 Å². The maximum atomic E-state index is 10.4. The predicted octanol–water partition coefficient (Wildman–Crippen LogP) is 4.39. The standard InChI is InChI=1S/C18H20O5S/c1-18-9-8-14-13-5-3-12(21-24-23-22-20)10-11(13)2-4-15(14)16(18)6-7-17(18)19/h2-5,10,16-17,19-20H,6-9H2,1H3/t16?,17-,18?/m0/s1. The maximum absolute atomic E-state index is 10.4. The molecule has 2 N–H and O–H groups in total. The van der Waals surface area contributed by atoms with Crippen LogP contribution in [0.2, 0.25) is 0 Å². The highest BCUT2D eigenvalue weighted by atomic mass is 32.2. The third kappa shape index (κ3) is 2.50. The van der Waals surface area contributed by atoms with Crippen LogP contribution in [0, 0.1) is 5.41 Å². The van der Waals surface area contributed by atoms with Crippen LogP contribution >= 0.6 is 12.3 Å². The zero-order valence-corrected chi connectivity index (χ0v) is 14.2. The van der Waals surface area contributed by atoms with Crippen LogP contribution in [-0.4, -0.2) is 16.5 Å². The molecule has 0 heterocycles. The molecule has 2 aromatic rings. The van der Waals surface area contributed by atoms with Gasteiger partial charge in [0.05, 0.1) is 6.10 Å². The molecule has 2 aromatic carbocycles. The monoisotopic (exact) mass is 348 g/mol. The minimum atomic E-state index is -0.187. The second kappa shape index (κ2) is 6.20. The quantitative estimate of drug-likeness (QED) is 0.370. The lowest BCUT2D eigenvalue weighted by atomic mass is 9.65. The summed E-state index contributed by atoms with van der Waals surface area (Å²) < 4.78 is 9.51. The van der Waals surface area contributed by atoms with Gasteiger partial charge in [0, 0.05) is 5.41 Å². The highest BCUT2D eigenvalue weighted by Crippen LogP contribution is 2.56. The fraction of sp³-hybridized carbons (Fsp3) is 0.444. The first-order valence-electron chi connectivity index (χ1n) is 8.18. The summed E-state index contributed by atoms with van der Waals surface area (Å²) >= 11 is 0.556. The molecule has 4 rings (SSSR count). The van der Waals surface area contributed by atoms with Gasteiger partial charge in [0.25, 0.3) is 12.3 Å². The molecule has 0 aromatic heterocycles. The van der Waals surface area contributed by atoms with Crippen molar-refractivity contribution in [2.24, 2.45) is 5.41 Å². The van der Waals surface area contributed by atoms with E-state index in [9.17, 15) is 5.11 Å². The van der Waals surface area contributed by atoms with Crippen molar-refractivity contribution in [2.75, 3.05) is 0 Å². The van der Waals surface area contributed by atoms with Crippen LogP contribution in [0.25, 0.3) is 10.8 Å². The van der Waals surface area contributed by atoms with Crippen molar-refractivity contribution in [3.8, 4) is 5.75 Å². The lowest BCUT2D eigenvalue weighted by molar-refractivity contribution is -0.433. The van der Waals surface area contributed by atoms with Crippen LogP contribution in [0.3, 0.4) is 0 Å². The molecule has 0 bridgehead atoms. The smallest absolute Gasteiger partial charge is 0.261 e. The third-order valence-corrected chi connectivity index (χ3v) is 6.28. The van der Waals surface area contributed by atoms with E-state index < -0.39 is 0 Å². The summed E-state index contributed by atoms with van der Waals surface area (Å²) in [4.78, 5) is 0. The zero-order valence-electron chi connectivity index (χ0n) is 13.4. The first-order chi connectivity index (χ1) is 11.6. The van der Waals surface area contributed by atoms with E-state index in [1.165, 1.54) is 16.5 Å². The molecule has 1 fully saturated rings. The molecule has 6 heteroatoms. The first-order valence-corrected chi connectivity index (χ1v) is 8.85. The lowest BCUT2D eigenvalue weighted by Crippen LogP contribution is -2.35. The van der Waals surface area contributed by atoms with Gasteiger partial charge in [-0.2, -0.15) is 0 Å². The number of rotatable bonds is 4. The van der Waals surface area contributed by atoms with E-state index in [2.05, 4.69) is 34.5 Å². The topological polar surface area (TPSA) is 68.2 Å². The molecule has 2 unspecified atom stereocenters. The molecule has 2 aliphatic carbocycles. The number of hydrogen-bond donors (Lipinski definition) is 2. The summed E-state index contributed by atoms with van der Waals surface area (Å²) in [6.45, 7) is 2.24. The largest absolute Gasteiger partial charge is 0.399 e. The molecule has 0 spiro atoms. The summed E-state index contributed by atoms with van der Waals surface area (Å²) in [5.74, 6) is 1.07. The Morgan fingerprint density at radius 3 is 2.92 bits per heavy atom. The SMILES string of the molecule is CC12CCc3c(ccc4cc(OSOOO)ccc34)C1CC[C@@H]2O. The zero-order chi connectivity index (χ0) is 16.7. The molecule has 0 aliphatic heterocycles. The van der Waals surface area contributed by atoms with Gasteiger partial charge < -0.3 is 9.29 Å². The van der Waals surface area contributed by atoms with Crippen molar-refractivity contribution in [3.63, 3.8) is 0 Å². The average molecular weight is 348 g/mol. The van der Waals surface area contributed by atoms with Gasteiger partial charge in [0.15, 0.2) is 0 Å². The van der Waals surface area contributed by atoms with E-state index in [4.69, 9.17) is 9.44 Å². The minimum Gasteiger partial charge on any atom is -0.399 e. The molecular weight excluding hydrogens is 328 g/mol. The van der Waals surface area contributed by atoms with Crippen molar-refractivity contribution >= 4 is 23.1 Å². The number of hydrogen-bond acceptors (Lipinski definition) is 6. The Kier molecular flexibility index (Phi) is 4.18. The van der Waals surface area contributed by atoms with Gasteiger partial charge in [0.2, 0.25) is 0 Å².